The zero-order valence-corrected chi connectivity index (χ0v) is 11.7. The number of hydrogen-bond acceptors (Lipinski definition) is 3. The van der Waals surface area contributed by atoms with Crippen LogP contribution in [0.25, 0.3) is 0 Å². The highest BCUT2D eigenvalue weighted by atomic mass is 32.2. The predicted molar refractivity (Wildman–Crippen MR) is 76.0 cm³/mol. The Hall–Kier alpha value is -1.92. The van der Waals surface area contributed by atoms with Crippen LogP contribution in [0.3, 0.4) is 0 Å². The van der Waals surface area contributed by atoms with Crippen LogP contribution in [0.4, 0.5) is 10.1 Å². The fourth-order valence-electron chi connectivity index (χ4n) is 1.69. The highest BCUT2D eigenvalue weighted by molar-refractivity contribution is 7.89. The fraction of sp³-hybridized carbons (Fsp3) is 0.143. The van der Waals surface area contributed by atoms with Crippen molar-refractivity contribution in [3.63, 3.8) is 0 Å². The van der Waals surface area contributed by atoms with Crippen molar-refractivity contribution in [1.29, 1.82) is 0 Å². The summed E-state index contributed by atoms with van der Waals surface area (Å²) >= 11 is 0. The van der Waals surface area contributed by atoms with Gasteiger partial charge >= 0.3 is 0 Å². The molecule has 0 aromatic heterocycles. The van der Waals surface area contributed by atoms with Crippen LogP contribution in [0.1, 0.15) is 11.1 Å². The summed E-state index contributed by atoms with van der Waals surface area (Å²) in [5.74, 6) is -0.634. The smallest absolute Gasteiger partial charge is 0.241 e. The van der Waals surface area contributed by atoms with Gasteiger partial charge in [-0.25, -0.2) is 17.5 Å². The Kier molecular flexibility index (Phi) is 4.06. The normalized spacial score (nSPS) is 11.5. The predicted octanol–water partition coefficient (Wildman–Crippen LogP) is 2.19. The Labute approximate surface area is 117 Å². The maximum atomic E-state index is 13.6. The van der Waals surface area contributed by atoms with Gasteiger partial charge in [-0.1, -0.05) is 30.3 Å². The van der Waals surface area contributed by atoms with E-state index in [4.69, 9.17) is 5.73 Å². The molecule has 0 aliphatic carbocycles. The third-order valence-corrected chi connectivity index (χ3v) is 4.36. The lowest BCUT2D eigenvalue weighted by atomic mass is 10.2. The minimum atomic E-state index is -3.79. The van der Waals surface area contributed by atoms with Gasteiger partial charge in [0.25, 0.3) is 0 Å². The average Bonchev–Trinajstić information content (AvgIpc) is 2.43. The van der Waals surface area contributed by atoms with E-state index in [1.807, 2.05) is 18.2 Å². The first kappa shape index (κ1) is 14.5. The van der Waals surface area contributed by atoms with Gasteiger partial charge in [0.15, 0.2) is 0 Å². The molecule has 3 N–H and O–H groups in total. The van der Waals surface area contributed by atoms with Crippen molar-refractivity contribution in [2.75, 3.05) is 5.73 Å². The molecular formula is C14H15FN2O2S. The maximum Gasteiger partial charge on any atom is 0.241 e. The molecule has 106 valence electrons. The molecule has 0 saturated carbocycles. The standard InChI is InChI=1S/C14H15FN2O2S/c1-10-13(15)7-12(8-14(10)16)20(18,19)17-9-11-5-3-2-4-6-11/h2-8,17H,9,16H2,1H3. The van der Waals surface area contributed by atoms with Gasteiger partial charge in [0.2, 0.25) is 10.0 Å². The molecule has 4 nitrogen and oxygen atoms in total. The summed E-state index contributed by atoms with van der Waals surface area (Å²) in [6.07, 6.45) is 0. The number of halogens is 1. The van der Waals surface area contributed by atoms with E-state index < -0.39 is 15.8 Å². The van der Waals surface area contributed by atoms with E-state index in [0.29, 0.717) is 0 Å². The molecule has 0 bridgehead atoms. The van der Waals surface area contributed by atoms with Gasteiger partial charge in [0.05, 0.1) is 4.90 Å². The maximum absolute atomic E-state index is 13.6. The second-order valence-electron chi connectivity index (χ2n) is 4.43. The van der Waals surface area contributed by atoms with Crippen molar-refractivity contribution in [2.24, 2.45) is 0 Å². The summed E-state index contributed by atoms with van der Waals surface area (Å²) in [7, 11) is -3.79. The molecule has 0 aliphatic heterocycles. The molecule has 2 aromatic rings. The van der Waals surface area contributed by atoms with Crippen LogP contribution < -0.4 is 10.5 Å². The van der Waals surface area contributed by atoms with Crippen LogP contribution in [-0.4, -0.2) is 8.42 Å². The van der Waals surface area contributed by atoms with Gasteiger partial charge in [-0.3, -0.25) is 0 Å². The van der Waals surface area contributed by atoms with Crippen LogP contribution in [0.2, 0.25) is 0 Å². The first-order valence-electron chi connectivity index (χ1n) is 5.99. The van der Waals surface area contributed by atoms with Gasteiger partial charge in [-0.15, -0.1) is 0 Å². The van der Waals surface area contributed by atoms with Crippen molar-refractivity contribution in [1.82, 2.24) is 4.72 Å². The van der Waals surface area contributed by atoms with Crippen molar-refractivity contribution in [3.05, 3.63) is 59.4 Å². The number of anilines is 1. The number of sulfonamides is 1. The Bertz CT molecular complexity index is 692. The van der Waals surface area contributed by atoms with Crippen LogP contribution in [0.15, 0.2) is 47.4 Å². The van der Waals surface area contributed by atoms with Gasteiger partial charge in [0.1, 0.15) is 5.82 Å². The molecule has 6 heteroatoms. The van der Waals surface area contributed by atoms with Crippen molar-refractivity contribution < 1.29 is 12.8 Å². The average molecular weight is 294 g/mol. The van der Waals surface area contributed by atoms with Crippen LogP contribution in [0.5, 0.6) is 0 Å². The topological polar surface area (TPSA) is 72.2 Å². The first-order chi connectivity index (χ1) is 9.40. The number of rotatable bonds is 4. The van der Waals surface area contributed by atoms with Gasteiger partial charge < -0.3 is 5.73 Å². The largest absolute Gasteiger partial charge is 0.398 e. The number of nitrogen functional groups attached to an aromatic ring is 1. The molecule has 0 unspecified atom stereocenters. The number of benzene rings is 2. The van der Waals surface area contributed by atoms with Crippen LogP contribution in [-0.2, 0) is 16.6 Å². The zero-order valence-electron chi connectivity index (χ0n) is 10.9. The first-order valence-corrected chi connectivity index (χ1v) is 7.47. The summed E-state index contributed by atoms with van der Waals surface area (Å²) < 4.78 is 40.2. The van der Waals surface area contributed by atoms with E-state index in [2.05, 4.69) is 4.72 Å². The molecular weight excluding hydrogens is 279 g/mol. The van der Waals surface area contributed by atoms with Crippen molar-refractivity contribution in [2.45, 2.75) is 18.4 Å². The summed E-state index contributed by atoms with van der Waals surface area (Å²) in [5.41, 5.74) is 6.77. The van der Waals surface area contributed by atoms with Crippen molar-refractivity contribution >= 4 is 15.7 Å². The van der Waals surface area contributed by atoms with E-state index in [0.717, 1.165) is 11.6 Å². The minimum absolute atomic E-state index is 0.116. The SMILES string of the molecule is Cc1c(N)cc(S(=O)(=O)NCc2ccccc2)cc1F. The zero-order chi connectivity index (χ0) is 14.8. The summed E-state index contributed by atoms with van der Waals surface area (Å²) in [6.45, 7) is 1.64. The van der Waals surface area contributed by atoms with Crippen LogP contribution >= 0.6 is 0 Å². The monoisotopic (exact) mass is 294 g/mol. The van der Waals surface area contributed by atoms with Gasteiger partial charge in [-0.2, -0.15) is 0 Å². The lowest BCUT2D eigenvalue weighted by molar-refractivity contribution is 0.576. The highest BCUT2D eigenvalue weighted by Crippen LogP contribution is 2.21. The summed E-state index contributed by atoms with van der Waals surface area (Å²) in [4.78, 5) is -0.172. The minimum Gasteiger partial charge on any atom is -0.398 e. The van der Waals surface area contributed by atoms with Gasteiger partial charge in [0, 0.05) is 17.8 Å². The third-order valence-electron chi connectivity index (χ3n) is 2.98. The number of hydrogen-bond donors (Lipinski definition) is 2. The second kappa shape index (κ2) is 5.60. The molecule has 0 radical (unpaired) electrons. The number of nitrogens with one attached hydrogen (secondary N) is 1. The summed E-state index contributed by atoms with van der Waals surface area (Å²) in [5, 5.41) is 0. The summed E-state index contributed by atoms with van der Waals surface area (Å²) in [6, 6.07) is 11.3. The Balaban J connectivity index is 2.23. The molecule has 0 atom stereocenters. The molecule has 0 amide bonds. The highest BCUT2D eigenvalue weighted by Gasteiger charge is 2.17. The molecule has 0 spiro atoms. The Morgan fingerprint density at radius 2 is 1.85 bits per heavy atom. The van der Waals surface area contributed by atoms with E-state index in [9.17, 15) is 12.8 Å². The molecule has 20 heavy (non-hydrogen) atoms. The lowest BCUT2D eigenvalue weighted by Crippen LogP contribution is -2.23. The number of nitrogens with two attached hydrogens (primary N) is 1. The molecule has 0 aliphatic rings. The molecule has 0 heterocycles. The lowest BCUT2D eigenvalue weighted by Gasteiger charge is -2.09. The molecule has 2 rings (SSSR count). The quantitative estimate of drug-likeness (QED) is 0.849. The fourth-order valence-corrected chi connectivity index (χ4v) is 2.75. The second-order valence-corrected chi connectivity index (χ2v) is 6.20. The molecule has 0 saturated heterocycles. The van der Waals surface area contributed by atoms with Gasteiger partial charge in [-0.05, 0) is 24.6 Å². The van der Waals surface area contributed by atoms with E-state index in [1.165, 1.54) is 13.0 Å². The van der Waals surface area contributed by atoms with E-state index in [1.54, 1.807) is 12.1 Å². The molecule has 0 fully saturated rings. The van der Waals surface area contributed by atoms with Crippen LogP contribution in [0, 0.1) is 12.7 Å². The van der Waals surface area contributed by atoms with Crippen molar-refractivity contribution in [3.8, 4) is 0 Å². The third kappa shape index (κ3) is 3.15. The molecule has 2 aromatic carbocycles. The Morgan fingerprint density at radius 1 is 1.20 bits per heavy atom. The van der Waals surface area contributed by atoms with E-state index >= 15 is 0 Å². The van der Waals surface area contributed by atoms with E-state index in [-0.39, 0.29) is 22.7 Å². The Morgan fingerprint density at radius 3 is 2.45 bits per heavy atom.